The fourth-order valence-corrected chi connectivity index (χ4v) is 1.27. The van der Waals surface area contributed by atoms with Crippen molar-refractivity contribution >= 4 is 12.0 Å². The molecular weight excluding hydrogens is 192 g/mol. The van der Waals surface area contributed by atoms with Gasteiger partial charge < -0.3 is 9.84 Å². The summed E-state index contributed by atoms with van der Waals surface area (Å²) in [6.07, 6.45) is 1.95. The quantitative estimate of drug-likeness (QED) is 0.827. The monoisotopic (exact) mass is 206 g/mol. The van der Waals surface area contributed by atoms with Gasteiger partial charge in [-0.3, -0.25) is 0 Å². The first kappa shape index (κ1) is 11.3. The second kappa shape index (κ2) is 4.64. The highest BCUT2D eigenvalue weighted by molar-refractivity contribution is 5.88. The Morgan fingerprint density at radius 1 is 1.40 bits per heavy atom. The third kappa shape index (κ3) is 2.84. The summed E-state index contributed by atoms with van der Waals surface area (Å²) in [7, 11) is 1.53. The van der Waals surface area contributed by atoms with Gasteiger partial charge in [0.1, 0.15) is 5.75 Å². The number of methoxy groups -OCH3 is 1. The maximum atomic E-state index is 10.7. The molecule has 0 spiro atoms. The number of aromatic carboxylic acids is 1. The second-order valence-corrected chi connectivity index (χ2v) is 3.48. The number of rotatable bonds is 3. The molecule has 3 nitrogen and oxygen atoms in total. The van der Waals surface area contributed by atoms with E-state index in [9.17, 15) is 4.79 Å². The average molecular weight is 206 g/mol. The van der Waals surface area contributed by atoms with E-state index in [1.807, 2.05) is 19.9 Å². The largest absolute Gasteiger partial charge is 0.496 e. The molecule has 0 fully saturated rings. The van der Waals surface area contributed by atoms with Crippen LogP contribution in [0.25, 0.3) is 6.08 Å². The van der Waals surface area contributed by atoms with Crippen molar-refractivity contribution in [3.63, 3.8) is 0 Å². The molecule has 1 aromatic carbocycles. The van der Waals surface area contributed by atoms with Crippen molar-refractivity contribution in [2.45, 2.75) is 13.8 Å². The zero-order valence-electron chi connectivity index (χ0n) is 9.07. The van der Waals surface area contributed by atoms with Gasteiger partial charge in [0.05, 0.1) is 12.7 Å². The van der Waals surface area contributed by atoms with Gasteiger partial charge in [0.15, 0.2) is 0 Å². The minimum Gasteiger partial charge on any atom is -0.496 e. The van der Waals surface area contributed by atoms with Gasteiger partial charge in [-0.25, -0.2) is 4.79 Å². The number of hydrogen-bond acceptors (Lipinski definition) is 2. The molecule has 3 heteroatoms. The highest BCUT2D eigenvalue weighted by Gasteiger charge is 2.07. The van der Waals surface area contributed by atoms with Gasteiger partial charge in [-0.1, -0.05) is 17.7 Å². The van der Waals surface area contributed by atoms with Crippen molar-refractivity contribution in [3.05, 3.63) is 34.9 Å². The van der Waals surface area contributed by atoms with Crippen molar-refractivity contribution in [1.82, 2.24) is 0 Å². The molecule has 1 rings (SSSR count). The Morgan fingerprint density at radius 3 is 2.53 bits per heavy atom. The number of ether oxygens (including phenoxy) is 1. The summed E-state index contributed by atoms with van der Waals surface area (Å²) in [5.74, 6) is -0.367. The predicted molar refractivity (Wildman–Crippen MR) is 59.3 cm³/mol. The van der Waals surface area contributed by atoms with Crippen LogP contribution in [0.15, 0.2) is 23.8 Å². The molecule has 0 aliphatic rings. The van der Waals surface area contributed by atoms with Crippen LogP contribution in [-0.4, -0.2) is 18.2 Å². The van der Waals surface area contributed by atoms with E-state index in [0.717, 1.165) is 11.1 Å². The Labute approximate surface area is 89.0 Å². The van der Waals surface area contributed by atoms with Crippen molar-refractivity contribution < 1.29 is 14.6 Å². The van der Waals surface area contributed by atoms with Crippen LogP contribution in [0, 0.1) is 0 Å². The van der Waals surface area contributed by atoms with E-state index < -0.39 is 5.97 Å². The van der Waals surface area contributed by atoms with Crippen LogP contribution < -0.4 is 4.74 Å². The Bertz CT molecular complexity index is 401. The third-order valence-corrected chi connectivity index (χ3v) is 1.92. The first-order chi connectivity index (χ1) is 7.04. The molecule has 80 valence electrons. The molecule has 0 unspecified atom stereocenters. The highest BCUT2D eigenvalue weighted by atomic mass is 16.5. The van der Waals surface area contributed by atoms with E-state index in [0.29, 0.717) is 5.75 Å². The molecule has 0 radical (unpaired) electrons. The normalized spacial score (nSPS) is 9.53. The molecule has 15 heavy (non-hydrogen) atoms. The van der Waals surface area contributed by atoms with Crippen LogP contribution in [0.1, 0.15) is 29.8 Å². The van der Waals surface area contributed by atoms with Gasteiger partial charge in [0, 0.05) is 5.56 Å². The number of benzene rings is 1. The fraction of sp³-hybridized carbons (Fsp3) is 0.250. The van der Waals surface area contributed by atoms with Crippen LogP contribution >= 0.6 is 0 Å². The molecule has 1 N–H and O–H groups in total. The van der Waals surface area contributed by atoms with Crippen molar-refractivity contribution in [2.75, 3.05) is 7.11 Å². The average Bonchev–Trinajstić information content (AvgIpc) is 2.17. The summed E-state index contributed by atoms with van der Waals surface area (Å²) >= 11 is 0. The van der Waals surface area contributed by atoms with Crippen LogP contribution in [0.2, 0.25) is 0 Å². The van der Waals surface area contributed by atoms with Crippen molar-refractivity contribution in [3.8, 4) is 5.75 Å². The molecule has 0 aliphatic heterocycles. The molecule has 0 bridgehead atoms. The van der Waals surface area contributed by atoms with Gasteiger partial charge in [-0.05, 0) is 26.0 Å². The number of allylic oxidation sites excluding steroid dienone is 1. The summed E-state index contributed by atoms with van der Waals surface area (Å²) in [5.41, 5.74) is 2.26. The smallest absolute Gasteiger partial charge is 0.335 e. The summed E-state index contributed by atoms with van der Waals surface area (Å²) < 4.78 is 5.13. The van der Waals surface area contributed by atoms with Gasteiger partial charge in [-0.15, -0.1) is 0 Å². The minimum absolute atomic E-state index is 0.234. The van der Waals surface area contributed by atoms with E-state index >= 15 is 0 Å². The lowest BCUT2D eigenvalue weighted by atomic mass is 10.1. The minimum atomic E-state index is -0.947. The van der Waals surface area contributed by atoms with Gasteiger partial charge in [-0.2, -0.15) is 0 Å². The van der Waals surface area contributed by atoms with Crippen LogP contribution in [0.5, 0.6) is 5.75 Å². The molecule has 0 aromatic heterocycles. The first-order valence-corrected chi connectivity index (χ1v) is 4.61. The summed E-state index contributed by atoms with van der Waals surface area (Å²) in [5, 5.41) is 8.81. The Morgan fingerprint density at radius 2 is 2.07 bits per heavy atom. The Kier molecular flexibility index (Phi) is 3.50. The maximum absolute atomic E-state index is 10.7. The third-order valence-electron chi connectivity index (χ3n) is 1.92. The lowest BCUT2D eigenvalue weighted by molar-refractivity contribution is 0.0696. The highest BCUT2D eigenvalue weighted by Crippen LogP contribution is 2.22. The molecule has 0 heterocycles. The molecule has 0 amide bonds. The van der Waals surface area contributed by atoms with E-state index in [1.54, 1.807) is 12.1 Å². The Balaban J connectivity index is 3.21. The predicted octanol–water partition coefficient (Wildman–Crippen LogP) is 2.82. The SMILES string of the molecule is COc1cc(C(=O)O)ccc1C=C(C)C. The van der Waals surface area contributed by atoms with Crippen molar-refractivity contribution in [2.24, 2.45) is 0 Å². The van der Waals surface area contributed by atoms with Crippen LogP contribution in [0.3, 0.4) is 0 Å². The van der Waals surface area contributed by atoms with E-state index in [4.69, 9.17) is 9.84 Å². The lowest BCUT2D eigenvalue weighted by Gasteiger charge is -2.06. The topological polar surface area (TPSA) is 46.5 Å². The summed E-state index contributed by atoms with van der Waals surface area (Å²) in [6.45, 7) is 3.95. The summed E-state index contributed by atoms with van der Waals surface area (Å²) in [6, 6.07) is 4.84. The zero-order valence-corrected chi connectivity index (χ0v) is 9.07. The standard InChI is InChI=1S/C12H14O3/c1-8(2)6-9-4-5-10(12(13)14)7-11(9)15-3/h4-7H,1-3H3,(H,13,14). The van der Waals surface area contributed by atoms with Crippen LogP contribution in [0.4, 0.5) is 0 Å². The number of carbonyl (C=O) groups is 1. The molecule has 1 aromatic rings. The zero-order chi connectivity index (χ0) is 11.4. The van der Waals surface area contributed by atoms with Gasteiger partial charge in [0.25, 0.3) is 0 Å². The molecule has 0 saturated carbocycles. The number of hydrogen-bond donors (Lipinski definition) is 1. The first-order valence-electron chi connectivity index (χ1n) is 4.61. The molecule has 0 aliphatic carbocycles. The maximum Gasteiger partial charge on any atom is 0.335 e. The van der Waals surface area contributed by atoms with E-state index in [-0.39, 0.29) is 5.56 Å². The van der Waals surface area contributed by atoms with Gasteiger partial charge >= 0.3 is 5.97 Å². The summed E-state index contributed by atoms with van der Waals surface area (Å²) in [4.78, 5) is 10.7. The second-order valence-electron chi connectivity index (χ2n) is 3.48. The molecule has 0 saturated heterocycles. The lowest BCUT2D eigenvalue weighted by Crippen LogP contribution is -1.97. The fourth-order valence-electron chi connectivity index (χ4n) is 1.27. The van der Waals surface area contributed by atoms with Gasteiger partial charge in [0.2, 0.25) is 0 Å². The van der Waals surface area contributed by atoms with E-state index in [1.165, 1.54) is 13.2 Å². The molecule has 0 atom stereocenters. The molecular formula is C12H14O3. The Hall–Kier alpha value is -1.77. The van der Waals surface area contributed by atoms with Crippen LogP contribution in [-0.2, 0) is 0 Å². The van der Waals surface area contributed by atoms with Crippen molar-refractivity contribution in [1.29, 1.82) is 0 Å². The number of carboxylic acid groups (broad SMARTS) is 1. The van der Waals surface area contributed by atoms with E-state index in [2.05, 4.69) is 0 Å². The number of carboxylic acids is 1.